The number of aromatic nitrogens is 2. The van der Waals surface area contributed by atoms with Gasteiger partial charge in [0.2, 0.25) is 5.91 Å². The monoisotopic (exact) mass is 449 g/mol. The number of amides is 2. The van der Waals surface area contributed by atoms with Gasteiger partial charge in [-0.3, -0.25) is 9.69 Å². The molecule has 2 aromatic rings. The summed E-state index contributed by atoms with van der Waals surface area (Å²) in [5.41, 5.74) is 0.833. The van der Waals surface area contributed by atoms with Crippen LogP contribution in [0.15, 0.2) is 36.9 Å². The quantitative estimate of drug-likeness (QED) is 0.680. The molecule has 166 valence electrons. The number of rotatable bonds is 6. The molecule has 0 radical (unpaired) electrons. The van der Waals surface area contributed by atoms with Crippen molar-refractivity contribution in [3.63, 3.8) is 0 Å². The molecule has 2 saturated heterocycles. The summed E-state index contributed by atoms with van der Waals surface area (Å²) in [6.45, 7) is 2.85. The van der Waals surface area contributed by atoms with Crippen molar-refractivity contribution in [2.24, 2.45) is 0 Å². The summed E-state index contributed by atoms with van der Waals surface area (Å²) < 4.78 is 35.1. The minimum atomic E-state index is -2.37. The lowest BCUT2D eigenvalue weighted by Crippen LogP contribution is -2.36. The molecule has 4 rings (SSSR count). The first-order valence-electron chi connectivity index (χ1n) is 10.1. The second kappa shape index (κ2) is 8.70. The van der Waals surface area contributed by atoms with E-state index in [0.717, 1.165) is 0 Å². The number of benzene rings is 1. The van der Waals surface area contributed by atoms with Crippen LogP contribution in [0.1, 0.15) is 6.92 Å². The SMILES string of the molecule is CC(=O)NC[C@H]1CN(c2ccc(N3CCP(=O)(Cn4ccnc4)CC3)c(F)c2)C(=O)O1. The molecule has 31 heavy (non-hydrogen) atoms. The summed E-state index contributed by atoms with van der Waals surface area (Å²) in [4.78, 5) is 30.4. The van der Waals surface area contributed by atoms with Crippen LogP contribution in [-0.2, 0) is 20.4 Å². The van der Waals surface area contributed by atoms with Gasteiger partial charge in [-0.05, 0) is 18.2 Å². The van der Waals surface area contributed by atoms with E-state index in [2.05, 4.69) is 10.3 Å². The predicted molar refractivity (Wildman–Crippen MR) is 114 cm³/mol. The van der Waals surface area contributed by atoms with Crippen molar-refractivity contribution in [3.05, 3.63) is 42.7 Å². The van der Waals surface area contributed by atoms with Gasteiger partial charge in [-0.15, -0.1) is 0 Å². The fourth-order valence-electron chi connectivity index (χ4n) is 3.90. The molecule has 3 heterocycles. The number of hydrogen-bond acceptors (Lipinski definition) is 6. The van der Waals surface area contributed by atoms with E-state index in [1.807, 2.05) is 9.47 Å². The van der Waals surface area contributed by atoms with Gasteiger partial charge in [-0.1, -0.05) is 0 Å². The van der Waals surface area contributed by atoms with Crippen LogP contribution in [0.2, 0.25) is 0 Å². The molecule has 1 aromatic carbocycles. The predicted octanol–water partition coefficient (Wildman–Crippen LogP) is 2.32. The van der Waals surface area contributed by atoms with Gasteiger partial charge in [-0.25, -0.2) is 14.2 Å². The topological polar surface area (TPSA) is 96.8 Å². The Morgan fingerprint density at radius 1 is 1.35 bits per heavy atom. The van der Waals surface area contributed by atoms with Gasteiger partial charge in [0.25, 0.3) is 0 Å². The molecule has 2 amide bonds. The van der Waals surface area contributed by atoms with Gasteiger partial charge < -0.3 is 24.1 Å². The van der Waals surface area contributed by atoms with Gasteiger partial charge >= 0.3 is 6.09 Å². The van der Waals surface area contributed by atoms with E-state index in [1.165, 1.54) is 17.9 Å². The van der Waals surface area contributed by atoms with E-state index in [1.54, 1.807) is 30.9 Å². The third kappa shape index (κ3) is 4.90. The maximum atomic E-state index is 14.9. The van der Waals surface area contributed by atoms with E-state index in [4.69, 9.17) is 4.74 Å². The average molecular weight is 449 g/mol. The van der Waals surface area contributed by atoms with Crippen LogP contribution < -0.4 is 15.1 Å². The summed E-state index contributed by atoms with van der Waals surface area (Å²) in [6, 6.07) is 4.64. The van der Waals surface area contributed by atoms with Crippen molar-refractivity contribution >= 4 is 30.5 Å². The molecule has 0 bridgehead atoms. The number of halogens is 1. The summed E-state index contributed by atoms with van der Waals surface area (Å²) in [7, 11) is -2.37. The fourth-order valence-corrected chi connectivity index (χ4v) is 6.38. The summed E-state index contributed by atoms with van der Waals surface area (Å²) in [5, 5.41) is 2.61. The van der Waals surface area contributed by atoms with E-state index in [0.29, 0.717) is 43.1 Å². The number of cyclic esters (lactones) is 1. The zero-order chi connectivity index (χ0) is 22.0. The highest BCUT2D eigenvalue weighted by Crippen LogP contribution is 2.49. The molecule has 11 heteroatoms. The normalized spacial score (nSPS) is 20.6. The number of anilines is 2. The van der Waals surface area contributed by atoms with Gasteiger partial charge in [-0.2, -0.15) is 0 Å². The lowest BCUT2D eigenvalue weighted by Gasteiger charge is -2.34. The third-order valence-electron chi connectivity index (χ3n) is 5.57. The zero-order valence-electron chi connectivity index (χ0n) is 17.2. The van der Waals surface area contributed by atoms with E-state index >= 15 is 0 Å². The zero-order valence-corrected chi connectivity index (χ0v) is 18.1. The number of hydrogen-bond donors (Lipinski definition) is 1. The minimum Gasteiger partial charge on any atom is -0.442 e. The number of imidazole rings is 1. The highest BCUT2D eigenvalue weighted by Gasteiger charge is 2.34. The number of carbonyl (C=O) groups excluding carboxylic acids is 2. The first-order valence-corrected chi connectivity index (χ1v) is 12.4. The second-order valence-corrected chi connectivity index (χ2v) is 11.2. The minimum absolute atomic E-state index is 0.207. The van der Waals surface area contributed by atoms with Gasteiger partial charge in [0, 0.05) is 44.7 Å². The van der Waals surface area contributed by atoms with Crippen LogP contribution in [0.4, 0.5) is 20.6 Å². The van der Waals surface area contributed by atoms with Gasteiger partial charge in [0.15, 0.2) is 0 Å². The number of ether oxygens (including phenoxy) is 1. The lowest BCUT2D eigenvalue weighted by atomic mass is 10.2. The van der Waals surface area contributed by atoms with Crippen molar-refractivity contribution in [1.82, 2.24) is 14.9 Å². The highest BCUT2D eigenvalue weighted by molar-refractivity contribution is 7.63. The summed E-state index contributed by atoms with van der Waals surface area (Å²) in [5.74, 6) is -0.650. The van der Waals surface area contributed by atoms with E-state index < -0.39 is 25.2 Å². The number of nitrogens with one attached hydrogen (secondary N) is 1. The molecule has 0 spiro atoms. The first kappa shape index (κ1) is 21.4. The Morgan fingerprint density at radius 3 is 2.77 bits per heavy atom. The standard InChI is InChI=1S/C20H25FN5O4P/c1-15(27)23-11-17-12-26(20(28)30-17)16-2-3-19(18(21)10-16)25-6-8-31(29,9-7-25)14-24-5-4-22-13-24/h2-5,10,13,17H,6-9,11-12,14H2,1H3,(H,23,27)/t17-/m0/s1. The average Bonchev–Trinajstić information content (AvgIpc) is 3.36. The van der Waals surface area contributed by atoms with Crippen molar-refractivity contribution in [1.29, 1.82) is 0 Å². The lowest BCUT2D eigenvalue weighted by molar-refractivity contribution is -0.119. The smallest absolute Gasteiger partial charge is 0.414 e. The third-order valence-corrected chi connectivity index (χ3v) is 8.44. The Hall–Kier alpha value is -2.87. The fraction of sp³-hybridized carbons (Fsp3) is 0.450. The van der Waals surface area contributed by atoms with Crippen LogP contribution in [-0.4, -0.2) is 66.2 Å². The maximum Gasteiger partial charge on any atom is 0.414 e. The Kier molecular flexibility index (Phi) is 6.00. The Balaban J connectivity index is 1.39. The van der Waals surface area contributed by atoms with Crippen molar-refractivity contribution in [3.8, 4) is 0 Å². The summed E-state index contributed by atoms with van der Waals surface area (Å²) >= 11 is 0. The molecular weight excluding hydrogens is 424 g/mol. The van der Waals surface area contributed by atoms with Crippen LogP contribution in [0.3, 0.4) is 0 Å². The van der Waals surface area contributed by atoms with Crippen LogP contribution in [0.25, 0.3) is 0 Å². The number of carbonyl (C=O) groups is 2. The number of nitrogens with zero attached hydrogens (tertiary/aromatic N) is 4. The maximum absolute atomic E-state index is 14.9. The molecule has 0 unspecified atom stereocenters. The molecule has 1 atom stereocenters. The van der Waals surface area contributed by atoms with E-state index in [9.17, 15) is 18.5 Å². The Morgan fingerprint density at radius 2 is 2.13 bits per heavy atom. The Labute approximate surface area is 179 Å². The molecule has 0 aliphatic carbocycles. The van der Waals surface area contributed by atoms with Crippen molar-refractivity contribution in [2.75, 3.05) is 48.3 Å². The molecule has 1 aromatic heterocycles. The Bertz CT molecular complexity index is 1000. The largest absolute Gasteiger partial charge is 0.442 e. The van der Waals surface area contributed by atoms with Crippen molar-refractivity contribution in [2.45, 2.75) is 19.3 Å². The molecule has 1 N–H and O–H groups in total. The molecule has 2 aliphatic heterocycles. The van der Waals surface area contributed by atoms with Gasteiger partial charge in [0.05, 0.1) is 37.1 Å². The summed E-state index contributed by atoms with van der Waals surface area (Å²) in [6.07, 6.45) is 5.55. The van der Waals surface area contributed by atoms with Crippen LogP contribution >= 0.6 is 7.14 Å². The molecule has 0 saturated carbocycles. The van der Waals surface area contributed by atoms with Gasteiger partial charge in [0.1, 0.15) is 19.1 Å². The molecule has 2 fully saturated rings. The van der Waals surface area contributed by atoms with Crippen LogP contribution in [0, 0.1) is 5.82 Å². The molecule has 2 aliphatic rings. The highest BCUT2D eigenvalue weighted by atomic mass is 31.2. The molecular formula is C20H25FN5O4P. The van der Waals surface area contributed by atoms with E-state index in [-0.39, 0.29) is 19.0 Å². The first-order chi connectivity index (χ1) is 14.8. The second-order valence-electron chi connectivity index (χ2n) is 7.90. The molecule has 9 nitrogen and oxygen atoms in total. The van der Waals surface area contributed by atoms with Crippen molar-refractivity contribution < 1.29 is 23.3 Å². The van der Waals surface area contributed by atoms with Crippen LogP contribution in [0.5, 0.6) is 0 Å².